The zero-order valence-electron chi connectivity index (χ0n) is 65.9. The molecule has 16 rings (SSSR count). The molecular weight excluding hydrogens is 1610 g/mol. The van der Waals surface area contributed by atoms with Gasteiger partial charge in [0.05, 0.1) is 133 Å². The van der Waals surface area contributed by atoms with E-state index in [1.54, 1.807) is 131 Å². The fourth-order valence-corrected chi connectivity index (χ4v) is 25.1. The van der Waals surface area contributed by atoms with Crippen LogP contribution in [0.3, 0.4) is 0 Å². The first-order valence-electron chi connectivity index (χ1n) is 40.0. The summed E-state index contributed by atoms with van der Waals surface area (Å²) in [4.78, 5) is -2.41. The predicted molar refractivity (Wildman–Crippen MR) is 454 cm³/mol. The molecule has 11 aliphatic heterocycles. The van der Waals surface area contributed by atoms with Crippen molar-refractivity contribution >= 4 is 129 Å². The lowest BCUT2D eigenvalue weighted by atomic mass is 9.85. The topological polar surface area (TPSA) is 324 Å². The number of ether oxygens (including phenoxy) is 11. The quantitative estimate of drug-likeness (QED) is 0.122. The van der Waals surface area contributed by atoms with Crippen molar-refractivity contribution in [2.24, 2.45) is 0 Å². The average Bonchev–Trinajstić information content (AvgIpc) is 0.778. The van der Waals surface area contributed by atoms with Gasteiger partial charge in [-0.3, -0.25) is 0 Å². The van der Waals surface area contributed by atoms with Gasteiger partial charge in [-0.05, 0) is 125 Å². The van der Waals surface area contributed by atoms with Crippen molar-refractivity contribution in [3.05, 3.63) is 0 Å². The number of thioether (sulfide) groups is 11. The molecule has 0 aromatic heterocycles. The van der Waals surface area contributed by atoms with Gasteiger partial charge in [0.25, 0.3) is 0 Å². The number of hydrogen-bond donors (Lipinski definition) is 11. The van der Waals surface area contributed by atoms with Gasteiger partial charge in [0.15, 0.2) is 5.79 Å². The van der Waals surface area contributed by atoms with Crippen LogP contribution in [-0.2, 0) is 52.1 Å². The summed E-state index contributed by atoms with van der Waals surface area (Å²) in [6.07, 6.45) is 27.4. The highest BCUT2D eigenvalue weighted by atomic mass is 32.2. The highest BCUT2D eigenvalue weighted by Crippen LogP contribution is 2.50. The summed E-state index contributed by atoms with van der Waals surface area (Å²) in [6.45, 7) is 24.3. The van der Waals surface area contributed by atoms with Crippen LogP contribution >= 0.6 is 129 Å². The molecule has 5 aliphatic carbocycles. The third-order valence-electron chi connectivity index (χ3n) is 20.8. The molecule has 16 aliphatic rings. The van der Waals surface area contributed by atoms with Crippen molar-refractivity contribution < 1.29 is 108 Å². The lowest BCUT2D eigenvalue weighted by Gasteiger charge is -2.50. The molecule has 0 aromatic rings. The van der Waals surface area contributed by atoms with Crippen LogP contribution in [-0.4, -0.2) is 316 Å². The molecule has 0 aromatic carbocycles. The molecule has 5 saturated carbocycles. The molecule has 0 bridgehead atoms. The molecule has 20 unspecified atom stereocenters. The Balaban J connectivity index is 0.000000187. The second-order valence-electron chi connectivity index (χ2n) is 30.2. The fraction of sp³-hybridized carbons (Fsp3) is 1.00. The van der Waals surface area contributed by atoms with Crippen molar-refractivity contribution in [2.45, 2.75) is 325 Å². The first-order valence-corrected chi connectivity index (χ1v) is 51.0. The van der Waals surface area contributed by atoms with Crippen LogP contribution in [0.2, 0.25) is 0 Å². The van der Waals surface area contributed by atoms with E-state index in [4.69, 9.17) is 62.3 Å². The summed E-state index contributed by atoms with van der Waals surface area (Å²) >= 11 is 18.0. The molecule has 11 saturated heterocycles. The van der Waals surface area contributed by atoms with E-state index < -0.39 is 25.5 Å². The van der Waals surface area contributed by atoms with Crippen molar-refractivity contribution in [3.8, 4) is 0 Å². The lowest BCUT2D eigenvalue weighted by molar-refractivity contribution is -0.249. The Kier molecular flexibility index (Phi) is 49.0. The molecule has 108 heavy (non-hydrogen) atoms. The summed E-state index contributed by atoms with van der Waals surface area (Å²) in [6, 6.07) is 0. The van der Waals surface area contributed by atoms with E-state index >= 15 is 0 Å². The molecule has 11 heterocycles. The molecule has 0 amide bonds. The van der Waals surface area contributed by atoms with Crippen molar-refractivity contribution in [2.75, 3.05) is 138 Å². The molecule has 33 heteroatoms. The Morgan fingerprint density at radius 1 is 0.426 bits per heavy atom. The highest BCUT2D eigenvalue weighted by Gasteiger charge is 2.50. The van der Waals surface area contributed by atoms with E-state index in [9.17, 15) is 46.0 Å². The van der Waals surface area contributed by atoms with Crippen LogP contribution in [0.1, 0.15) is 203 Å². The third kappa shape index (κ3) is 36.7. The molecule has 20 atom stereocenters. The van der Waals surface area contributed by atoms with Gasteiger partial charge >= 0.3 is 0 Å². The number of hydrogen-bond acceptors (Lipinski definition) is 33. The fourth-order valence-electron chi connectivity index (χ4n) is 14.0. The maximum Gasteiger partial charge on any atom is 0.177 e. The van der Waals surface area contributed by atoms with Crippen LogP contribution in [0.25, 0.3) is 0 Å². The molecule has 22 nitrogen and oxygen atoms in total. The van der Waals surface area contributed by atoms with E-state index in [-0.39, 0.29) is 68.2 Å². The molecule has 0 radical (unpaired) electrons. The largest absolute Gasteiger partial charge is 0.380 e. The van der Waals surface area contributed by atoms with Crippen LogP contribution in [0.4, 0.5) is 0 Å². The Bertz CT molecular complexity index is 2250. The van der Waals surface area contributed by atoms with E-state index in [1.807, 2.05) is 53.3 Å². The molecule has 1 spiro atoms. The van der Waals surface area contributed by atoms with Gasteiger partial charge in [0.2, 0.25) is 0 Å². The summed E-state index contributed by atoms with van der Waals surface area (Å²) < 4.78 is 58.7. The minimum Gasteiger partial charge on any atom is -0.380 e. The SMILES string of the molecule is CC1(C)OCCSC1O.CC1(O)COCCS1.CC1OCCSC1(C)O.CC1OCCSC1O.CCC1(O)COCCS1.CCC1OCCSC1O.OC12CCCCC1OCCS2.OC12CCCCC1SC1CCCCC1O2.OC1COC2CCCCC2S1.OC1COCCS1.OC1SCCOC12CCCCC2. The first kappa shape index (κ1) is 99.8. The van der Waals surface area contributed by atoms with Crippen LogP contribution in [0.15, 0.2) is 0 Å². The normalized spacial score (nSPS) is 40.9. The second kappa shape index (κ2) is 53.0. The van der Waals surface area contributed by atoms with Gasteiger partial charge in [0.1, 0.15) is 57.9 Å². The zero-order chi connectivity index (χ0) is 78.5. The zero-order valence-corrected chi connectivity index (χ0v) is 74.9. The van der Waals surface area contributed by atoms with E-state index in [0.29, 0.717) is 54.4 Å². The maximum absolute atomic E-state index is 10.5. The van der Waals surface area contributed by atoms with E-state index in [2.05, 4.69) is 0 Å². The van der Waals surface area contributed by atoms with Crippen LogP contribution in [0.5, 0.6) is 0 Å². The van der Waals surface area contributed by atoms with E-state index in [1.165, 1.54) is 77.0 Å². The summed E-state index contributed by atoms with van der Waals surface area (Å²) in [5.74, 6) is 7.54. The highest BCUT2D eigenvalue weighted by molar-refractivity contribution is 8.02. The van der Waals surface area contributed by atoms with Gasteiger partial charge in [-0.1, -0.05) is 71.6 Å². The Morgan fingerprint density at radius 2 is 0.991 bits per heavy atom. The number of fused-ring (bicyclic) bond motifs is 4. The minimum absolute atomic E-state index is 0.0220. The van der Waals surface area contributed by atoms with Gasteiger partial charge in [-0.15, -0.1) is 129 Å². The van der Waals surface area contributed by atoms with Crippen molar-refractivity contribution in [1.82, 2.24) is 0 Å². The average molecular weight is 1750 g/mol. The molecule has 638 valence electrons. The Hall–Kier alpha value is 2.97. The summed E-state index contributed by atoms with van der Waals surface area (Å²) in [7, 11) is 0. The maximum atomic E-state index is 10.5. The van der Waals surface area contributed by atoms with Gasteiger partial charge < -0.3 is 108 Å². The van der Waals surface area contributed by atoms with Crippen LogP contribution < -0.4 is 0 Å². The van der Waals surface area contributed by atoms with Gasteiger partial charge in [0, 0.05) is 68.7 Å². The van der Waals surface area contributed by atoms with E-state index in [0.717, 1.165) is 182 Å². The molecular formula is C75H140O22S11. The Morgan fingerprint density at radius 3 is 1.50 bits per heavy atom. The lowest BCUT2D eigenvalue weighted by Crippen LogP contribution is -2.55. The van der Waals surface area contributed by atoms with Crippen LogP contribution in [0, 0.1) is 0 Å². The number of rotatable bonds is 2. The molecule has 16 fully saturated rings. The predicted octanol–water partition coefficient (Wildman–Crippen LogP) is 11.6. The van der Waals surface area contributed by atoms with Gasteiger partial charge in [-0.2, -0.15) is 0 Å². The number of aliphatic hydroxyl groups excluding tert-OH is 6. The van der Waals surface area contributed by atoms with Crippen molar-refractivity contribution in [1.29, 1.82) is 0 Å². The Labute approximate surface area is 694 Å². The number of aliphatic hydroxyl groups is 11. The van der Waals surface area contributed by atoms with Crippen molar-refractivity contribution in [3.63, 3.8) is 0 Å². The monoisotopic (exact) mass is 1740 g/mol. The summed E-state index contributed by atoms with van der Waals surface area (Å²) in [5, 5.41) is 106. The molecule has 11 N–H and O–H groups in total. The third-order valence-corrected chi connectivity index (χ3v) is 34.6. The minimum atomic E-state index is -0.776. The first-order chi connectivity index (χ1) is 51.6. The smallest absolute Gasteiger partial charge is 0.177 e. The van der Waals surface area contributed by atoms with Gasteiger partial charge in [-0.25, -0.2) is 0 Å². The summed E-state index contributed by atoms with van der Waals surface area (Å²) in [5.41, 5.74) is -2.27. The standard InChI is InChI=1S/C12H20O2S.C9H16O2S.2C8H14O2S.4C6H12O2S.2C5H10O2S.C4H8O2S/c13-12-8-4-3-7-11(12)15-10-6-2-1-5-9(10)14-12;10-8-9(11-6-7-12-8)4-2-1-3-5-9;9-8-4-2-1-3-7(8)10-5-6-11-8;9-8-5-10-6-3-1-2-4-7(6)11-8;1-6(2)5(7)9-4-3-8-6;1-5-6(2,7)9-4-3-8-5;1-2-6(7)5-8-3-4-9-6;1-2-5-6(7)9-4-3-8-5;1-5(6)4-7-2-3-8-5;1-4-5(6)8-3-2-7-4;5-4-3-6-1-2-7-4/h9-11,13H,1-8H2;8,10H,1-7H2;7,9H,1-6H2;6-9H,1-5H2;2*5,7H,3-4H2,1-2H3;7H,2-5H2,1H3;5-7H,2-4H2,1H3;6H,2-4H2,1H3;4-6H,2-3H2,1H3;4-5H,1-3H2. The second-order valence-corrected chi connectivity index (χ2v) is 45.1.